The predicted octanol–water partition coefficient (Wildman–Crippen LogP) is 3.27. The van der Waals surface area contributed by atoms with Crippen LogP contribution in [0.15, 0.2) is 30.3 Å². The number of hydrogen-bond donors (Lipinski definition) is 0. The van der Waals surface area contributed by atoms with Gasteiger partial charge in [-0.05, 0) is 12.0 Å². The Bertz CT molecular complexity index is 968. The van der Waals surface area contributed by atoms with E-state index in [2.05, 4.69) is 6.92 Å². The van der Waals surface area contributed by atoms with Gasteiger partial charge in [-0.3, -0.25) is 19.2 Å². The Labute approximate surface area is 247 Å². The van der Waals surface area contributed by atoms with E-state index in [1.54, 1.807) is 0 Å². The van der Waals surface area contributed by atoms with Crippen molar-refractivity contribution < 1.29 is 57.1 Å². The number of ether oxygens (including phenoxy) is 8. The molecule has 1 aromatic rings. The molecule has 1 aliphatic heterocycles. The zero-order valence-corrected chi connectivity index (χ0v) is 25.1. The van der Waals surface area contributed by atoms with Crippen LogP contribution in [-0.4, -0.2) is 87.1 Å². The van der Waals surface area contributed by atoms with Crippen molar-refractivity contribution in [3.05, 3.63) is 35.9 Å². The number of carbonyl (C=O) groups is 4. The van der Waals surface area contributed by atoms with Gasteiger partial charge in [-0.15, -0.1) is 0 Å². The SMILES string of the molecule is CCCCCCOC[C@H](COCc1ccccc1)O[C@@H]1O[C@H](COC(C)=O)[C@H](OC(C)=O)[C@H](OC(C)=O)[C@H]1OC(C)=O. The lowest BCUT2D eigenvalue weighted by Crippen LogP contribution is -2.63. The highest BCUT2D eigenvalue weighted by Gasteiger charge is 2.53. The minimum atomic E-state index is -1.33. The normalized spacial score (nSPS) is 22.5. The molecule has 1 heterocycles. The van der Waals surface area contributed by atoms with Crippen molar-refractivity contribution in [2.24, 2.45) is 0 Å². The summed E-state index contributed by atoms with van der Waals surface area (Å²) in [6, 6.07) is 9.58. The maximum Gasteiger partial charge on any atom is 0.303 e. The van der Waals surface area contributed by atoms with E-state index < -0.39 is 60.7 Å². The summed E-state index contributed by atoms with van der Waals surface area (Å²) in [7, 11) is 0. The van der Waals surface area contributed by atoms with E-state index in [-0.39, 0.29) is 19.8 Å². The molecule has 1 fully saturated rings. The van der Waals surface area contributed by atoms with Gasteiger partial charge in [0.2, 0.25) is 0 Å². The average molecular weight is 597 g/mol. The quantitative estimate of drug-likeness (QED) is 0.139. The largest absolute Gasteiger partial charge is 0.463 e. The first-order valence-electron chi connectivity index (χ1n) is 14.3. The van der Waals surface area contributed by atoms with Crippen molar-refractivity contribution in [1.82, 2.24) is 0 Å². The fourth-order valence-corrected chi connectivity index (χ4v) is 4.34. The summed E-state index contributed by atoms with van der Waals surface area (Å²) in [5.74, 6) is -2.75. The van der Waals surface area contributed by atoms with Gasteiger partial charge in [0.15, 0.2) is 24.6 Å². The molecule has 0 spiro atoms. The third-order valence-electron chi connectivity index (χ3n) is 6.14. The van der Waals surface area contributed by atoms with Crippen LogP contribution in [0.25, 0.3) is 0 Å². The Hall–Kier alpha value is -3.06. The van der Waals surface area contributed by atoms with Crippen LogP contribution in [0.2, 0.25) is 0 Å². The first-order chi connectivity index (χ1) is 20.1. The van der Waals surface area contributed by atoms with Gasteiger partial charge < -0.3 is 37.9 Å². The molecule has 2 rings (SSSR count). The Morgan fingerprint density at radius 2 is 1.38 bits per heavy atom. The number of hydrogen-bond acceptors (Lipinski definition) is 12. The molecule has 0 saturated carbocycles. The van der Waals surface area contributed by atoms with Crippen LogP contribution < -0.4 is 0 Å². The molecule has 1 saturated heterocycles. The van der Waals surface area contributed by atoms with Gasteiger partial charge in [-0.2, -0.15) is 0 Å². The first kappa shape index (κ1) is 35.1. The molecule has 42 heavy (non-hydrogen) atoms. The topological polar surface area (TPSA) is 142 Å². The van der Waals surface area contributed by atoms with Crippen molar-refractivity contribution in [2.75, 3.05) is 26.4 Å². The minimum absolute atomic E-state index is 0.0940. The van der Waals surface area contributed by atoms with E-state index in [1.807, 2.05) is 30.3 Å². The third kappa shape index (κ3) is 13.3. The van der Waals surface area contributed by atoms with Gasteiger partial charge >= 0.3 is 23.9 Å². The molecule has 0 unspecified atom stereocenters. The number of benzene rings is 1. The van der Waals surface area contributed by atoms with Crippen LogP contribution in [0.1, 0.15) is 65.9 Å². The number of carbonyl (C=O) groups excluding carboxylic acids is 4. The van der Waals surface area contributed by atoms with E-state index in [0.717, 1.165) is 45.1 Å². The van der Waals surface area contributed by atoms with Crippen molar-refractivity contribution in [1.29, 1.82) is 0 Å². The molecule has 236 valence electrons. The maximum atomic E-state index is 12.1. The first-order valence-corrected chi connectivity index (χ1v) is 14.3. The van der Waals surface area contributed by atoms with Crippen molar-refractivity contribution in [3.63, 3.8) is 0 Å². The van der Waals surface area contributed by atoms with Gasteiger partial charge in [-0.1, -0.05) is 56.5 Å². The van der Waals surface area contributed by atoms with Crippen LogP contribution >= 0.6 is 0 Å². The lowest BCUT2D eigenvalue weighted by molar-refractivity contribution is -0.321. The summed E-state index contributed by atoms with van der Waals surface area (Å²) in [4.78, 5) is 47.8. The molecule has 12 heteroatoms. The molecule has 1 aliphatic rings. The molecule has 0 aromatic heterocycles. The average Bonchev–Trinajstić information content (AvgIpc) is 2.92. The van der Waals surface area contributed by atoms with E-state index >= 15 is 0 Å². The third-order valence-corrected chi connectivity index (χ3v) is 6.14. The highest BCUT2D eigenvalue weighted by atomic mass is 16.7. The fraction of sp³-hybridized carbons (Fsp3) is 0.667. The summed E-state index contributed by atoms with van der Waals surface area (Å²) in [5.41, 5.74) is 0.962. The van der Waals surface area contributed by atoms with Crippen LogP contribution in [-0.2, 0) is 63.7 Å². The summed E-state index contributed by atoms with van der Waals surface area (Å²) >= 11 is 0. The maximum absolute atomic E-state index is 12.1. The number of esters is 4. The van der Waals surface area contributed by atoms with Crippen LogP contribution in [0.5, 0.6) is 0 Å². The van der Waals surface area contributed by atoms with Crippen LogP contribution in [0.3, 0.4) is 0 Å². The predicted molar refractivity (Wildman–Crippen MR) is 148 cm³/mol. The molecule has 12 nitrogen and oxygen atoms in total. The molecule has 6 atom stereocenters. The highest BCUT2D eigenvalue weighted by Crippen LogP contribution is 2.30. The highest BCUT2D eigenvalue weighted by molar-refractivity contribution is 5.68. The molecule has 0 amide bonds. The van der Waals surface area contributed by atoms with Crippen molar-refractivity contribution in [2.45, 2.75) is 104 Å². The number of rotatable bonds is 18. The Morgan fingerprint density at radius 1 is 0.762 bits per heavy atom. The monoisotopic (exact) mass is 596 g/mol. The lowest BCUT2D eigenvalue weighted by atomic mass is 9.98. The molecular formula is C30H44O12. The minimum Gasteiger partial charge on any atom is -0.463 e. The van der Waals surface area contributed by atoms with E-state index in [4.69, 9.17) is 37.9 Å². The Balaban J connectivity index is 2.29. The Morgan fingerprint density at radius 3 is 2.00 bits per heavy atom. The molecule has 0 aliphatic carbocycles. The fourth-order valence-electron chi connectivity index (χ4n) is 4.34. The second-order valence-electron chi connectivity index (χ2n) is 9.96. The van der Waals surface area contributed by atoms with Gasteiger partial charge in [0.1, 0.15) is 18.8 Å². The lowest BCUT2D eigenvalue weighted by Gasteiger charge is -2.44. The van der Waals surface area contributed by atoms with Gasteiger partial charge in [0.05, 0.1) is 19.8 Å². The van der Waals surface area contributed by atoms with E-state index in [1.165, 1.54) is 13.8 Å². The number of unbranched alkanes of at least 4 members (excludes halogenated alkanes) is 3. The van der Waals surface area contributed by atoms with Crippen molar-refractivity contribution >= 4 is 23.9 Å². The zero-order valence-electron chi connectivity index (χ0n) is 25.1. The zero-order chi connectivity index (χ0) is 30.9. The van der Waals surface area contributed by atoms with Crippen LogP contribution in [0, 0.1) is 0 Å². The smallest absolute Gasteiger partial charge is 0.303 e. The second-order valence-corrected chi connectivity index (χ2v) is 9.96. The summed E-state index contributed by atoms with van der Waals surface area (Å²) in [5, 5.41) is 0. The van der Waals surface area contributed by atoms with Crippen LogP contribution in [0.4, 0.5) is 0 Å². The molecule has 0 bridgehead atoms. The van der Waals surface area contributed by atoms with E-state index in [0.29, 0.717) is 13.2 Å². The summed E-state index contributed by atoms with van der Waals surface area (Å²) < 4.78 is 45.7. The Kier molecular flexibility index (Phi) is 16.1. The summed E-state index contributed by atoms with van der Waals surface area (Å²) in [6.07, 6.45) is -2.93. The molecular weight excluding hydrogens is 552 g/mol. The second kappa shape index (κ2) is 19.2. The van der Waals surface area contributed by atoms with Gasteiger partial charge in [0, 0.05) is 34.3 Å². The molecule has 0 radical (unpaired) electrons. The van der Waals surface area contributed by atoms with E-state index in [9.17, 15) is 19.2 Å². The molecule has 0 N–H and O–H groups in total. The summed E-state index contributed by atoms with van der Waals surface area (Å²) in [6.45, 7) is 7.54. The standard InChI is InChI=1S/C30H44O12/c1-6-7-8-12-15-35-17-25(18-36-16-24-13-10-9-11-14-24)41-30-29(40-23(5)34)28(39-22(4)33)27(38-21(3)32)26(42-30)19-37-20(2)31/h9-11,13-14,25-30H,6-8,12,15-19H2,1-5H3/t25-,26-,27+,28+,29-,30-/m1/s1. The van der Waals surface area contributed by atoms with Crippen molar-refractivity contribution in [3.8, 4) is 0 Å². The van der Waals surface area contributed by atoms with Gasteiger partial charge in [-0.25, -0.2) is 0 Å². The van der Waals surface area contributed by atoms with Gasteiger partial charge in [0.25, 0.3) is 0 Å². The molecule has 1 aromatic carbocycles.